The van der Waals surface area contributed by atoms with E-state index in [-0.39, 0.29) is 12.8 Å². The summed E-state index contributed by atoms with van der Waals surface area (Å²) in [5.41, 5.74) is 5.13. The Balaban J connectivity index is 4.41. The molecule has 0 radical (unpaired) electrons. The van der Waals surface area contributed by atoms with Crippen molar-refractivity contribution in [2.75, 3.05) is 5.75 Å². The summed E-state index contributed by atoms with van der Waals surface area (Å²) in [4.78, 5) is 32.3. The molecule has 0 aliphatic rings. The quantitative estimate of drug-likeness (QED) is 0.305. The van der Waals surface area contributed by atoms with Crippen molar-refractivity contribution in [1.82, 2.24) is 5.32 Å². The molecule has 0 aromatic carbocycles. The Morgan fingerprint density at radius 3 is 2.05 bits per heavy atom. The summed E-state index contributed by atoms with van der Waals surface area (Å²) >= 11 is 0. The van der Waals surface area contributed by atoms with Gasteiger partial charge in [0.1, 0.15) is 17.8 Å². The first-order chi connectivity index (χ1) is 8.53. The molecule has 1 amide bonds. The number of nitrogens with one attached hydrogen (secondary N) is 1. The van der Waals surface area contributed by atoms with E-state index in [1.54, 1.807) is 0 Å². The summed E-state index contributed by atoms with van der Waals surface area (Å²) < 4.78 is 29.6. The average Bonchev–Trinajstić information content (AvgIpc) is 2.22. The topological polar surface area (TPSA) is 184 Å². The van der Waals surface area contributed by atoms with E-state index < -0.39 is 45.8 Å². The van der Waals surface area contributed by atoms with Crippen LogP contribution in [0.15, 0.2) is 0 Å². The van der Waals surface area contributed by atoms with E-state index in [9.17, 15) is 22.8 Å². The van der Waals surface area contributed by atoms with Crippen LogP contribution in [0, 0.1) is 0 Å². The fourth-order valence-electron chi connectivity index (χ4n) is 1.06. The molecule has 0 aromatic heterocycles. The van der Waals surface area contributed by atoms with Crippen molar-refractivity contribution in [3.8, 4) is 0 Å². The van der Waals surface area contributed by atoms with E-state index >= 15 is 0 Å². The van der Waals surface area contributed by atoms with Gasteiger partial charge in [0, 0.05) is 6.42 Å². The Morgan fingerprint density at radius 1 is 1.16 bits per heavy atom. The van der Waals surface area contributed by atoms with Crippen LogP contribution in [0.25, 0.3) is 0 Å². The van der Waals surface area contributed by atoms with Crippen LogP contribution in [0.1, 0.15) is 12.8 Å². The van der Waals surface area contributed by atoms with Crippen molar-refractivity contribution in [2.24, 2.45) is 5.73 Å². The van der Waals surface area contributed by atoms with Gasteiger partial charge in [0.15, 0.2) is 0 Å². The lowest BCUT2D eigenvalue weighted by atomic mass is 10.1. The smallest absolute Gasteiger partial charge is 0.327 e. The van der Waals surface area contributed by atoms with Gasteiger partial charge in [0.25, 0.3) is 10.1 Å². The highest BCUT2D eigenvalue weighted by molar-refractivity contribution is 7.85. The molecule has 11 heteroatoms. The molecule has 19 heavy (non-hydrogen) atoms. The van der Waals surface area contributed by atoms with Crippen molar-refractivity contribution in [3.05, 3.63) is 0 Å². The predicted octanol–water partition coefficient (Wildman–Crippen LogP) is -2.36. The van der Waals surface area contributed by atoms with Crippen molar-refractivity contribution in [1.29, 1.82) is 0 Å². The molecule has 0 spiro atoms. The third-order valence-electron chi connectivity index (χ3n) is 2.01. The first-order valence-electron chi connectivity index (χ1n) is 4.98. The molecular weight excluding hydrogens is 284 g/mol. The van der Waals surface area contributed by atoms with Gasteiger partial charge in [0.05, 0.1) is 0 Å². The highest BCUT2D eigenvalue weighted by atomic mass is 32.2. The Labute approximate surface area is 108 Å². The monoisotopic (exact) mass is 298 g/mol. The van der Waals surface area contributed by atoms with Crippen LogP contribution in [-0.2, 0) is 24.5 Å². The zero-order valence-corrected chi connectivity index (χ0v) is 10.5. The van der Waals surface area contributed by atoms with Gasteiger partial charge in [-0.3, -0.25) is 14.1 Å². The number of amides is 1. The normalized spacial score (nSPS) is 14.4. The van der Waals surface area contributed by atoms with Gasteiger partial charge < -0.3 is 21.3 Å². The number of hydrogen-bond acceptors (Lipinski definition) is 6. The highest BCUT2D eigenvalue weighted by Gasteiger charge is 2.26. The summed E-state index contributed by atoms with van der Waals surface area (Å²) in [6.07, 6.45) is -0.623. The minimum absolute atomic E-state index is 0.237. The van der Waals surface area contributed by atoms with E-state index in [4.69, 9.17) is 20.5 Å². The van der Waals surface area contributed by atoms with Gasteiger partial charge >= 0.3 is 11.9 Å². The van der Waals surface area contributed by atoms with E-state index in [1.165, 1.54) is 0 Å². The Hall–Kier alpha value is -1.72. The standard InChI is InChI=1S/C8H14N2O8S/c9-4(7(12)13)1-2-6(11)10-5(8(14)15)3-19(16,17)18/h4-5H,1-3,9H2,(H,10,11)(H,12,13)(H,14,15)(H,16,17,18). The zero-order chi connectivity index (χ0) is 15.2. The summed E-state index contributed by atoms with van der Waals surface area (Å²) in [7, 11) is -4.57. The molecule has 0 saturated carbocycles. The molecule has 2 atom stereocenters. The Bertz CT molecular complexity index is 459. The van der Waals surface area contributed by atoms with Gasteiger partial charge in [-0.1, -0.05) is 0 Å². The molecule has 0 aliphatic carbocycles. The Morgan fingerprint density at radius 2 is 1.68 bits per heavy atom. The molecule has 10 nitrogen and oxygen atoms in total. The number of hydrogen-bond donors (Lipinski definition) is 5. The first-order valence-corrected chi connectivity index (χ1v) is 6.59. The second-order valence-electron chi connectivity index (χ2n) is 3.69. The third kappa shape index (κ3) is 8.07. The van der Waals surface area contributed by atoms with Crippen LogP contribution in [0.4, 0.5) is 0 Å². The average molecular weight is 298 g/mol. The van der Waals surface area contributed by atoms with Crippen LogP contribution in [0.5, 0.6) is 0 Å². The number of rotatable bonds is 8. The molecule has 0 saturated heterocycles. The van der Waals surface area contributed by atoms with Gasteiger partial charge in [-0.25, -0.2) is 4.79 Å². The number of carbonyl (C=O) groups is 3. The van der Waals surface area contributed by atoms with Gasteiger partial charge in [-0.2, -0.15) is 8.42 Å². The fraction of sp³-hybridized carbons (Fsp3) is 0.625. The summed E-state index contributed by atoms with van der Waals surface area (Å²) in [5, 5.41) is 18.9. The van der Waals surface area contributed by atoms with Crippen molar-refractivity contribution in [3.63, 3.8) is 0 Å². The van der Waals surface area contributed by atoms with Crippen molar-refractivity contribution >= 4 is 28.0 Å². The molecule has 0 bridgehead atoms. The van der Waals surface area contributed by atoms with E-state index in [2.05, 4.69) is 0 Å². The number of carboxylic acids is 2. The number of aliphatic carboxylic acids is 2. The maximum Gasteiger partial charge on any atom is 0.327 e. The molecule has 0 rings (SSSR count). The lowest BCUT2D eigenvalue weighted by Gasteiger charge is -2.13. The molecule has 0 aromatic rings. The van der Waals surface area contributed by atoms with Crippen LogP contribution in [-0.4, -0.2) is 58.9 Å². The molecule has 0 fully saturated rings. The predicted molar refractivity (Wildman–Crippen MR) is 60.8 cm³/mol. The minimum Gasteiger partial charge on any atom is -0.480 e. The third-order valence-corrected chi connectivity index (χ3v) is 2.76. The molecule has 110 valence electrons. The molecule has 0 heterocycles. The van der Waals surface area contributed by atoms with E-state index in [0.717, 1.165) is 0 Å². The van der Waals surface area contributed by atoms with Crippen molar-refractivity contribution in [2.45, 2.75) is 24.9 Å². The highest BCUT2D eigenvalue weighted by Crippen LogP contribution is 1.98. The number of carbonyl (C=O) groups excluding carboxylic acids is 1. The first kappa shape index (κ1) is 17.3. The second-order valence-corrected chi connectivity index (χ2v) is 5.19. The zero-order valence-electron chi connectivity index (χ0n) is 9.64. The number of carboxylic acid groups (broad SMARTS) is 2. The van der Waals surface area contributed by atoms with E-state index in [0.29, 0.717) is 0 Å². The summed E-state index contributed by atoms with van der Waals surface area (Å²) in [6, 6.07) is -3.10. The van der Waals surface area contributed by atoms with Crippen LogP contribution < -0.4 is 11.1 Å². The van der Waals surface area contributed by atoms with Gasteiger partial charge in [0.2, 0.25) is 5.91 Å². The second kappa shape index (κ2) is 7.01. The molecule has 0 aliphatic heterocycles. The molecular formula is C8H14N2O8S. The lowest BCUT2D eigenvalue weighted by Crippen LogP contribution is -2.45. The minimum atomic E-state index is -4.57. The van der Waals surface area contributed by atoms with E-state index in [1.807, 2.05) is 5.32 Å². The fourth-order valence-corrected chi connectivity index (χ4v) is 1.71. The van der Waals surface area contributed by atoms with Crippen molar-refractivity contribution < 1.29 is 37.6 Å². The van der Waals surface area contributed by atoms with Gasteiger partial charge in [-0.15, -0.1) is 0 Å². The molecule has 6 N–H and O–H groups in total. The van der Waals surface area contributed by atoms with Crippen LogP contribution in [0.3, 0.4) is 0 Å². The Kier molecular flexibility index (Phi) is 6.38. The van der Waals surface area contributed by atoms with Crippen LogP contribution >= 0.6 is 0 Å². The maximum absolute atomic E-state index is 11.3. The van der Waals surface area contributed by atoms with Gasteiger partial charge in [-0.05, 0) is 6.42 Å². The molecule has 2 unspecified atom stereocenters. The summed E-state index contributed by atoms with van der Waals surface area (Å²) in [5.74, 6) is -5.03. The summed E-state index contributed by atoms with van der Waals surface area (Å²) in [6.45, 7) is 0. The lowest BCUT2D eigenvalue weighted by molar-refractivity contribution is -0.142. The van der Waals surface area contributed by atoms with Crippen LogP contribution in [0.2, 0.25) is 0 Å². The largest absolute Gasteiger partial charge is 0.480 e. The number of nitrogens with two attached hydrogens (primary N) is 1. The SMILES string of the molecule is NC(CCC(=O)NC(CS(=O)(=O)O)C(=O)O)C(=O)O. The maximum atomic E-state index is 11.3.